The summed E-state index contributed by atoms with van der Waals surface area (Å²) in [6.07, 6.45) is 8.50. The zero-order valence-corrected chi connectivity index (χ0v) is 13.9. The van der Waals surface area contributed by atoms with Crippen molar-refractivity contribution in [1.82, 2.24) is 14.5 Å². The van der Waals surface area contributed by atoms with Crippen LogP contribution < -0.4 is 5.56 Å². The number of piperidine rings is 1. The van der Waals surface area contributed by atoms with Gasteiger partial charge in [-0.25, -0.2) is 4.98 Å². The maximum Gasteiger partial charge on any atom is 0.269 e. The van der Waals surface area contributed by atoms with Crippen LogP contribution in [0.1, 0.15) is 38.5 Å². The quantitative estimate of drug-likeness (QED) is 0.853. The van der Waals surface area contributed by atoms with Gasteiger partial charge < -0.3 is 4.90 Å². The Hall–Kier alpha value is -2.17. The Morgan fingerprint density at radius 2 is 1.92 bits per heavy atom. The molecule has 126 valence electrons. The fourth-order valence-corrected chi connectivity index (χ4v) is 4.44. The summed E-state index contributed by atoms with van der Waals surface area (Å²) in [7, 11) is 0. The Balaban J connectivity index is 1.62. The first-order valence-electron chi connectivity index (χ1n) is 8.98. The van der Waals surface area contributed by atoms with Crippen LogP contribution in [-0.2, 0) is 11.3 Å². The van der Waals surface area contributed by atoms with Gasteiger partial charge in [0, 0.05) is 12.6 Å². The van der Waals surface area contributed by atoms with Gasteiger partial charge in [-0.15, -0.1) is 0 Å². The summed E-state index contributed by atoms with van der Waals surface area (Å²) in [4.78, 5) is 31.4. The van der Waals surface area contributed by atoms with Crippen molar-refractivity contribution >= 4 is 16.9 Å². The van der Waals surface area contributed by atoms with E-state index in [-0.39, 0.29) is 18.0 Å². The predicted molar refractivity (Wildman–Crippen MR) is 92.7 cm³/mol. The first-order chi connectivity index (χ1) is 11.7. The molecular weight excluding hydrogens is 302 g/mol. The lowest BCUT2D eigenvalue weighted by Gasteiger charge is -2.44. The molecule has 1 aliphatic heterocycles. The molecule has 0 spiro atoms. The highest BCUT2D eigenvalue weighted by Crippen LogP contribution is 2.35. The number of hydrogen-bond acceptors (Lipinski definition) is 3. The van der Waals surface area contributed by atoms with Crippen molar-refractivity contribution in [2.75, 3.05) is 6.54 Å². The minimum atomic E-state index is -0.209. The summed E-state index contributed by atoms with van der Waals surface area (Å²) in [5.41, 5.74) is 1.27. The van der Waals surface area contributed by atoms with Crippen molar-refractivity contribution in [2.24, 2.45) is 5.92 Å². The summed E-state index contributed by atoms with van der Waals surface area (Å²) in [6.45, 7) is 0.947. The number of carbonyl (C=O) groups is 1. The van der Waals surface area contributed by atoms with Gasteiger partial charge >= 0.3 is 0 Å². The number of hydrogen-bond donors (Lipinski definition) is 0. The van der Waals surface area contributed by atoms with E-state index in [9.17, 15) is 9.59 Å². The molecule has 2 aromatic rings. The standard InChI is InChI=1S/C19H23N3O2/c23-18-12-20-15-8-2-4-10-17(15)22(18)13-19(24)21-11-5-7-14-6-1-3-9-16(14)21/h2,4,8,10,12,14,16H,1,3,5-7,9,11,13H2/t14-,16-/m1/s1. The van der Waals surface area contributed by atoms with Crippen LogP contribution in [0.15, 0.2) is 35.3 Å². The summed E-state index contributed by atoms with van der Waals surface area (Å²) in [6, 6.07) is 7.87. The SMILES string of the molecule is O=C(Cn1c(=O)cnc2ccccc21)N1CCC[C@H]2CCCC[C@H]21. The summed E-state index contributed by atoms with van der Waals surface area (Å²) in [5, 5.41) is 0. The van der Waals surface area contributed by atoms with Crippen LogP contribution in [0, 0.1) is 5.92 Å². The van der Waals surface area contributed by atoms with E-state index in [0.29, 0.717) is 12.0 Å². The molecule has 1 aromatic heterocycles. The van der Waals surface area contributed by atoms with Gasteiger partial charge in [-0.05, 0) is 43.7 Å². The second-order valence-corrected chi connectivity index (χ2v) is 7.01. The van der Waals surface area contributed by atoms with Crippen LogP contribution in [-0.4, -0.2) is 32.9 Å². The van der Waals surface area contributed by atoms with Crippen molar-refractivity contribution in [3.05, 3.63) is 40.8 Å². The lowest BCUT2D eigenvalue weighted by atomic mass is 9.78. The summed E-state index contributed by atoms with van der Waals surface area (Å²) >= 11 is 0. The fourth-order valence-electron chi connectivity index (χ4n) is 4.44. The number of likely N-dealkylation sites (tertiary alicyclic amines) is 1. The maximum atomic E-state index is 13.0. The van der Waals surface area contributed by atoms with Gasteiger partial charge in [0.05, 0.1) is 17.2 Å². The molecule has 1 aliphatic carbocycles. The van der Waals surface area contributed by atoms with Crippen LogP contribution in [0.3, 0.4) is 0 Å². The van der Waals surface area contributed by atoms with Gasteiger partial charge in [-0.3, -0.25) is 14.2 Å². The van der Waals surface area contributed by atoms with Crippen LogP contribution >= 0.6 is 0 Å². The largest absolute Gasteiger partial charge is 0.338 e. The highest BCUT2D eigenvalue weighted by molar-refractivity contribution is 5.80. The Morgan fingerprint density at radius 3 is 2.83 bits per heavy atom. The monoisotopic (exact) mass is 325 g/mol. The van der Waals surface area contributed by atoms with Gasteiger partial charge in [0.1, 0.15) is 6.54 Å². The van der Waals surface area contributed by atoms with Crippen molar-refractivity contribution in [3.8, 4) is 0 Å². The Labute approximate surface area is 141 Å². The number of nitrogens with zero attached hydrogens (tertiary/aromatic N) is 3. The molecule has 1 amide bonds. The number of carbonyl (C=O) groups excluding carboxylic acids is 1. The van der Waals surface area contributed by atoms with Crippen molar-refractivity contribution in [3.63, 3.8) is 0 Å². The fraction of sp³-hybridized carbons (Fsp3) is 0.526. The van der Waals surface area contributed by atoms with E-state index in [2.05, 4.69) is 9.88 Å². The van der Waals surface area contributed by atoms with E-state index in [1.54, 1.807) is 4.57 Å². The molecule has 5 nitrogen and oxygen atoms in total. The van der Waals surface area contributed by atoms with Gasteiger partial charge in [0.2, 0.25) is 5.91 Å². The lowest BCUT2D eigenvalue weighted by Crippen LogP contribution is -2.51. The average molecular weight is 325 g/mol. The van der Waals surface area contributed by atoms with Crippen molar-refractivity contribution in [1.29, 1.82) is 0 Å². The van der Waals surface area contributed by atoms with Gasteiger partial charge in [-0.2, -0.15) is 0 Å². The number of benzene rings is 1. The number of fused-ring (bicyclic) bond motifs is 2. The van der Waals surface area contributed by atoms with E-state index in [4.69, 9.17) is 0 Å². The number of rotatable bonds is 2. The molecule has 2 fully saturated rings. The number of amides is 1. The minimum absolute atomic E-state index is 0.0741. The topological polar surface area (TPSA) is 55.2 Å². The molecule has 2 heterocycles. The first kappa shape index (κ1) is 15.4. The Bertz CT molecular complexity index is 812. The third-order valence-electron chi connectivity index (χ3n) is 5.61. The molecule has 0 bridgehead atoms. The van der Waals surface area contributed by atoms with Gasteiger partial charge in [0.15, 0.2) is 0 Å². The van der Waals surface area contributed by atoms with Crippen molar-refractivity contribution < 1.29 is 4.79 Å². The minimum Gasteiger partial charge on any atom is -0.338 e. The van der Waals surface area contributed by atoms with E-state index in [0.717, 1.165) is 30.4 Å². The predicted octanol–water partition coefficient (Wildman–Crippen LogP) is 2.58. The first-order valence-corrected chi connectivity index (χ1v) is 8.98. The molecule has 24 heavy (non-hydrogen) atoms. The number of para-hydroxylation sites is 2. The molecule has 0 N–H and O–H groups in total. The van der Waals surface area contributed by atoms with E-state index in [1.165, 1.54) is 31.9 Å². The molecule has 5 heteroatoms. The van der Waals surface area contributed by atoms with Crippen LogP contribution in [0.2, 0.25) is 0 Å². The number of aromatic nitrogens is 2. The highest BCUT2D eigenvalue weighted by atomic mass is 16.2. The second kappa shape index (κ2) is 6.38. The Kier molecular flexibility index (Phi) is 4.08. The normalized spacial score (nSPS) is 23.9. The van der Waals surface area contributed by atoms with E-state index >= 15 is 0 Å². The summed E-state index contributed by atoms with van der Waals surface area (Å²) < 4.78 is 1.57. The molecule has 0 radical (unpaired) electrons. The third kappa shape index (κ3) is 2.72. The smallest absolute Gasteiger partial charge is 0.269 e. The second-order valence-electron chi connectivity index (χ2n) is 7.01. The van der Waals surface area contributed by atoms with Gasteiger partial charge in [0.25, 0.3) is 5.56 Å². The molecule has 1 saturated heterocycles. The van der Waals surface area contributed by atoms with E-state index < -0.39 is 0 Å². The average Bonchev–Trinajstić information content (AvgIpc) is 2.63. The molecule has 1 saturated carbocycles. The van der Waals surface area contributed by atoms with Crippen molar-refractivity contribution in [2.45, 2.75) is 51.1 Å². The van der Waals surface area contributed by atoms with Crippen LogP contribution in [0.25, 0.3) is 11.0 Å². The maximum absolute atomic E-state index is 13.0. The molecule has 4 rings (SSSR count). The molecule has 2 atom stereocenters. The van der Waals surface area contributed by atoms with Gasteiger partial charge in [-0.1, -0.05) is 25.0 Å². The zero-order valence-electron chi connectivity index (χ0n) is 13.9. The molecule has 1 aromatic carbocycles. The lowest BCUT2D eigenvalue weighted by molar-refractivity contribution is -0.138. The third-order valence-corrected chi connectivity index (χ3v) is 5.61. The zero-order chi connectivity index (χ0) is 16.5. The van der Waals surface area contributed by atoms with Crippen LogP contribution in [0.4, 0.5) is 0 Å². The molecule has 0 unspecified atom stereocenters. The van der Waals surface area contributed by atoms with Crippen LogP contribution in [0.5, 0.6) is 0 Å². The molecular formula is C19H23N3O2. The molecule has 2 aliphatic rings. The highest BCUT2D eigenvalue weighted by Gasteiger charge is 2.35. The summed E-state index contributed by atoms with van der Waals surface area (Å²) in [5.74, 6) is 0.729. The van der Waals surface area contributed by atoms with E-state index in [1.807, 2.05) is 24.3 Å². The Morgan fingerprint density at radius 1 is 1.12 bits per heavy atom.